The van der Waals surface area contributed by atoms with Gasteiger partial charge in [-0.2, -0.15) is 0 Å². The lowest BCUT2D eigenvalue weighted by molar-refractivity contribution is -0.301. The summed E-state index contributed by atoms with van der Waals surface area (Å²) >= 11 is 0. The largest absolute Gasteiger partial charge is 0.496 e. The summed E-state index contributed by atoms with van der Waals surface area (Å²) in [6, 6.07) is 23.9. The maximum atomic E-state index is 14.0. The third-order valence-electron chi connectivity index (χ3n) is 8.71. The Morgan fingerprint density at radius 3 is 1.71 bits per heavy atom. The van der Waals surface area contributed by atoms with E-state index >= 15 is 0 Å². The van der Waals surface area contributed by atoms with Crippen LogP contribution in [-0.4, -0.2) is 81.7 Å². The van der Waals surface area contributed by atoms with Gasteiger partial charge in [0.1, 0.15) is 23.2 Å². The van der Waals surface area contributed by atoms with Crippen LogP contribution < -0.4 is 9.47 Å². The normalized spacial score (nSPS) is 26.5. The number of rotatable bonds is 10. The standard InChI is InChI=1S/C38H42O11/c1-43-28-19-12-20-29(44-2)31(28)37(42)47-32-30(23-39)46-38(45-3)34-33(32)48-35(40)26(21-24-13-6-4-7-14-24)17-10-11-18-27(36(41)49-34)22-25-15-8-5-9-16-25/h4-16,19-20,26-27,30,32-34,38-39H,17-18,21-23H2,1-3H3/b11-10+/t26-,27-,30-,32-,33+,34-,38+/m1/s1. The van der Waals surface area contributed by atoms with E-state index in [1.807, 2.05) is 72.8 Å². The van der Waals surface area contributed by atoms with Gasteiger partial charge < -0.3 is 38.3 Å². The minimum absolute atomic E-state index is 0.0268. The monoisotopic (exact) mass is 674 g/mol. The molecule has 260 valence electrons. The Balaban J connectivity index is 1.55. The van der Waals surface area contributed by atoms with E-state index in [1.54, 1.807) is 18.2 Å². The first-order valence-corrected chi connectivity index (χ1v) is 16.2. The van der Waals surface area contributed by atoms with Crippen LogP contribution in [0.5, 0.6) is 11.5 Å². The molecule has 11 heteroatoms. The van der Waals surface area contributed by atoms with Gasteiger partial charge >= 0.3 is 17.9 Å². The molecule has 0 amide bonds. The topological polar surface area (TPSA) is 136 Å². The molecular formula is C38H42O11. The number of allylic oxidation sites excluding steroid dienone is 2. The van der Waals surface area contributed by atoms with E-state index in [2.05, 4.69) is 0 Å². The van der Waals surface area contributed by atoms with E-state index < -0.39 is 67.1 Å². The summed E-state index contributed by atoms with van der Waals surface area (Å²) in [5, 5.41) is 10.5. The molecule has 11 nitrogen and oxygen atoms in total. The van der Waals surface area contributed by atoms with Crippen LogP contribution in [0.2, 0.25) is 0 Å². The van der Waals surface area contributed by atoms with E-state index in [0.717, 1.165) is 11.1 Å². The molecule has 0 bridgehead atoms. The lowest BCUT2D eigenvalue weighted by Gasteiger charge is -2.44. The predicted molar refractivity (Wildman–Crippen MR) is 177 cm³/mol. The molecule has 49 heavy (non-hydrogen) atoms. The van der Waals surface area contributed by atoms with Crippen molar-refractivity contribution in [1.82, 2.24) is 0 Å². The molecule has 1 fully saturated rings. The number of ether oxygens (including phenoxy) is 7. The molecule has 0 radical (unpaired) electrons. The number of aliphatic hydroxyl groups is 1. The van der Waals surface area contributed by atoms with Crippen molar-refractivity contribution >= 4 is 17.9 Å². The summed E-state index contributed by atoms with van der Waals surface area (Å²) in [5.41, 5.74) is 1.84. The van der Waals surface area contributed by atoms with E-state index in [4.69, 9.17) is 33.2 Å². The number of hydrogen-bond acceptors (Lipinski definition) is 11. The minimum Gasteiger partial charge on any atom is -0.496 e. The fourth-order valence-corrected chi connectivity index (χ4v) is 6.16. The molecule has 3 aromatic rings. The minimum atomic E-state index is -1.43. The first kappa shape index (κ1) is 35.6. The molecule has 0 saturated carbocycles. The molecular weight excluding hydrogens is 632 g/mol. The van der Waals surface area contributed by atoms with Crippen molar-refractivity contribution in [3.8, 4) is 11.5 Å². The number of fused-ring (bicyclic) bond motifs is 1. The first-order valence-electron chi connectivity index (χ1n) is 16.2. The Labute approximate surface area is 285 Å². The molecule has 5 rings (SSSR count). The lowest BCUT2D eigenvalue weighted by Crippen LogP contribution is -2.63. The molecule has 1 saturated heterocycles. The molecule has 2 heterocycles. The van der Waals surface area contributed by atoms with Crippen LogP contribution in [0.4, 0.5) is 0 Å². The van der Waals surface area contributed by atoms with Crippen LogP contribution in [0.15, 0.2) is 91.0 Å². The average molecular weight is 675 g/mol. The zero-order valence-corrected chi connectivity index (χ0v) is 27.8. The van der Waals surface area contributed by atoms with Gasteiger partial charge in [0.2, 0.25) is 0 Å². The highest BCUT2D eigenvalue weighted by Gasteiger charge is 2.53. The summed E-state index contributed by atoms with van der Waals surface area (Å²) in [4.78, 5) is 41.8. The lowest BCUT2D eigenvalue weighted by atomic mass is 9.92. The van der Waals surface area contributed by atoms with Gasteiger partial charge in [-0.1, -0.05) is 78.9 Å². The third-order valence-corrected chi connectivity index (χ3v) is 8.71. The number of aliphatic hydroxyl groups excluding tert-OH is 1. The van der Waals surface area contributed by atoms with Crippen LogP contribution in [0.3, 0.4) is 0 Å². The number of benzene rings is 3. The zero-order chi connectivity index (χ0) is 34.8. The van der Waals surface area contributed by atoms with Gasteiger partial charge in [-0.25, -0.2) is 4.79 Å². The Morgan fingerprint density at radius 2 is 1.24 bits per heavy atom. The molecule has 1 N–H and O–H groups in total. The summed E-state index contributed by atoms with van der Waals surface area (Å²) < 4.78 is 40.7. The summed E-state index contributed by atoms with van der Waals surface area (Å²) in [7, 11) is 4.13. The highest BCUT2D eigenvalue weighted by molar-refractivity contribution is 5.96. The quantitative estimate of drug-likeness (QED) is 0.185. The fourth-order valence-electron chi connectivity index (χ4n) is 6.16. The first-order chi connectivity index (χ1) is 23.9. The molecule has 2 aliphatic rings. The van der Waals surface area contributed by atoms with Crippen molar-refractivity contribution < 1.29 is 52.6 Å². The second-order valence-electron chi connectivity index (χ2n) is 11.9. The Morgan fingerprint density at radius 1 is 0.735 bits per heavy atom. The number of carbonyl (C=O) groups excluding carboxylic acids is 3. The van der Waals surface area contributed by atoms with Crippen molar-refractivity contribution in [3.63, 3.8) is 0 Å². The Bertz CT molecular complexity index is 1550. The van der Waals surface area contributed by atoms with Crippen LogP contribution in [0.1, 0.15) is 34.3 Å². The van der Waals surface area contributed by atoms with Gasteiger partial charge in [0, 0.05) is 7.11 Å². The number of methoxy groups -OCH3 is 3. The second kappa shape index (κ2) is 17.1. The molecule has 0 spiro atoms. The summed E-state index contributed by atoms with van der Waals surface area (Å²) in [6.45, 7) is -0.637. The van der Waals surface area contributed by atoms with Gasteiger partial charge in [-0.15, -0.1) is 0 Å². The molecule has 0 aliphatic carbocycles. The van der Waals surface area contributed by atoms with Crippen LogP contribution in [0, 0.1) is 11.8 Å². The Kier molecular flexibility index (Phi) is 12.4. The average Bonchev–Trinajstić information content (AvgIpc) is 3.13. The maximum absolute atomic E-state index is 14.0. The van der Waals surface area contributed by atoms with E-state index in [-0.39, 0.29) is 17.1 Å². The number of esters is 3. The van der Waals surface area contributed by atoms with Crippen molar-refractivity contribution in [1.29, 1.82) is 0 Å². The second-order valence-corrected chi connectivity index (χ2v) is 11.9. The molecule has 3 aromatic carbocycles. The van der Waals surface area contributed by atoms with E-state index in [0.29, 0.717) is 25.7 Å². The van der Waals surface area contributed by atoms with Gasteiger partial charge in [0.15, 0.2) is 24.6 Å². The highest BCUT2D eigenvalue weighted by atomic mass is 16.7. The third kappa shape index (κ3) is 8.66. The van der Waals surface area contributed by atoms with Crippen LogP contribution in [0.25, 0.3) is 0 Å². The smallest absolute Gasteiger partial charge is 0.346 e. The molecule has 7 atom stereocenters. The van der Waals surface area contributed by atoms with Gasteiger partial charge in [0.05, 0.1) is 32.7 Å². The van der Waals surface area contributed by atoms with Crippen molar-refractivity contribution in [2.45, 2.75) is 56.4 Å². The van der Waals surface area contributed by atoms with Crippen molar-refractivity contribution in [3.05, 3.63) is 108 Å². The van der Waals surface area contributed by atoms with Gasteiger partial charge in [-0.3, -0.25) is 9.59 Å². The molecule has 2 aliphatic heterocycles. The maximum Gasteiger partial charge on any atom is 0.346 e. The zero-order valence-electron chi connectivity index (χ0n) is 27.8. The van der Waals surface area contributed by atoms with E-state index in [1.165, 1.54) is 21.3 Å². The van der Waals surface area contributed by atoms with Crippen LogP contribution >= 0.6 is 0 Å². The van der Waals surface area contributed by atoms with Crippen LogP contribution in [-0.2, 0) is 46.1 Å². The predicted octanol–water partition coefficient (Wildman–Crippen LogP) is 4.48. The molecule has 0 aromatic heterocycles. The summed E-state index contributed by atoms with van der Waals surface area (Å²) in [5.74, 6) is -2.97. The highest BCUT2D eigenvalue weighted by Crippen LogP contribution is 2.35. The Hall–Kier alpha value is -4.71. The van der Waals surface area contributed by atoms with Crippen molar-refractivity contribution in [2.75, 3.05) is 27.9 Å². The van der Waals surface area contributed by atoms with Gasteiger partial charge in [0.25, 0.3) is 0 Å². The van der Waals surface area contributed by atoms with Crippen molar-refractivity contribution in [2.24, 2.45) is 11.8 Å². The number of hydrogen-bond donors (Lipinski definition) is 1. The summed E-state index contributed by atoms with van der Waals surface area (Å²) in [6.07, 6.45) is -1.50. The number of carbonyl (C=O) groups is 3. The SMILES string of the molecule is COc1cccc(OC)c1C(=O)O[C@H]1[C@@H]2OC(=O)[C@@H](Cc3ccccc3)C/C=C/C[C@H](Cc3ccccc3)C(=O)O[C@H]2[C@@H](OC)O[C@@H]1CO. The molecule has 0 unspecified atom stereocenters. The van der Waals surface area contributed by atoms with Gasteiger partial charge in [-0.05, 0) is 48.9 Å². The fraction of sp³-hybridized carbons (Fsp3) is 0.395. The van der Waals surface area contributed by atoms with E-state index in [9.17, 15) is 19.5 Å².